The van der Waals surface area contributed by atoms with Crippen LogP contribution in [0.5, 0.6) is 0 Å². The minimum Gasteiger partial charge on any atom is -0.275 e. The molecule has 160 valence electrons. The summed E-state index contributed by atoms with van der Waals surface area (Å²) in [6.07, 6.45) is 2.98. The Balaban J connectivity index is 1.74. The Bertz CT molecular complexity index is 1260. The normalized spacial score (nSPS) is 14.0. The molecule has 4 aromatic rings. The summed E-state index contributed by atoms with van der Waals surface area (Å²) in [5, 5.41) is 13.6. The lowest BCUT2D eigenvalue weighted by Gasteiger charge is -2.09. The van der Waals surface area contributed by atoms with Crippen LogP contribution in [0.3, 0.4) is 0 Å². The van der Waals surface area contributed by atoms with E-state index in [0.29, 0.717) is 17.1 Å². The highest BCUT2D eigenvalue weighted by Gasteiger charge is 2.29. The monoisotopic (exact) mass is 424 g/mol. The average molecular weight is 424 g/mol. The molecule has 31 heavy (non-hydrogen) atoms. The van der Waals surface area contributed by atoms with Gasteiger partial charge in [-0.3, -0.25) is 9.36 Å². The molecule has 0 bridgehead atoms. The van der Waals surface area contributed by atoms with Gasteiger partial charge in [-0.05, 0) is 38.8 Å². The van der Waals surface area contributed by atoms with Crippen LogP contribution in [0.15, 0.2) is 24.5 Å². The summed E-state index contributed by atoms with van der Waals surface area (Å²) in [5.74, 6) is 0.351. The molecule has 0 N–H and O–H groups in total. The third-order valence-electron chi connectivity index (χ3n) is 5.45. The predicted octanol–water partition coefficient (Wildman–Crippen LogP) is 3.90. The first kappa shape index (κ1) is 19.5. The lowest BCUT2D eigenvalue weighted by Crippen LogP contribution is -2.09. The maximum atomic E-state index is 13.6. The van der Waals surface area contributed by atoms with Crippen molar-refractivity contribution in [2.75, 3.05) is 0 Å². The summed E-state index contributed by atoms with van der Waals surface area (Å²) in [7, 11) is 3.68. The standard InChI is InChI=1S/C21H22F2N8/c1-11-14(9-29(3)26-11)17-8-19(15-10-30(4)27-12(15)2)31(28-17)21-24-16(13-5-6-13)7-18(25-21)20(22)23/h7-10,13,20H,5-6H2,1-4H3. The first-order valence-corrected chi connectivity index (χ1v) is 10.1. The van der Waals surface area contributed by atoms with Crippen LogP contribution in [0.2, 0.25) is 0 Å². The average Bonchev–Trinajstić information content (AvgIpc) is 3.27. The topological polar surface area (TPSA) is 79.2 Å². The molecule has 1 aliphatic carbocycles. The quantitative estimate of drug-likeness (QED) is 0.486. The van der Waals surface area contributed by atoms with Crippen molar-refractivity contribution in [2.24, 2.45) is 14.1 Å². The second-order valence-corrected chi connectivity index (χ2v) is 8.02. The van der Waals surface area contributed by atoms with Crippen molar-refractivity contribution >= 4 is 0 Å². The highest BCUT2D eigenvalue weighted by Crippen LogP contribution is 2.40. The Hall–Kier alpha value is -3.43. The van der Waals surface area contributed by atoms with E-state index >= 15 is 0 Å². The lowest BCUT2D eigenvalue weighted by molar-refractivity contribution is 0.145. The van der Waals surface area contributed by atoms with Crippen molar-refractivity contribution < 1.29 is 8.78 Å². The Kier molecular flexibility index (Phi) is 4.45. The summed E-state index contributed by atoms with van der Waals surface area (Å²) in [5.41, 5.74) is 5.03. The maximum Gasteiger partial charge on any atom is 0.280 e. The highest BCUT2D eigenvalue weighted by molar-refractivity contribution is 5.71. The molecule has 0 amide bonds. The van der Waals surface area contributed by atoms with Crippen LogP contribution in [0, 0.1) is 13.8 Å². The van der Waals surface area contributed by atoms with Gasteiger partial charge in [0.05, 0.1) is 22.8 Å². The van der Waals surface area contributed by atoms with E-state index in [0.717, 1.165) is 35.4 Å². The van der Waals surface area contributed by atoms with Gasteiger partial charge in [0, 0.05) is 49.2 Å². The summed E-state index contributed by atoms with van der Waals surface area (Å²) in [4.78, 5) is 8.78. The molecule has 0 aromatic carbocycles. The van der Waals surface area contributed by atoms with Gasteiger partial charge < -0.3 is 0 Å². The predicted molar refractivity (Wildman–Crippen MR) is 110 cm³/mol. The van der Waals surface area contributed by atoms with Crippen molar-refractivity contribution in [3.63, 3.8) is 0 Å². The molecule has 1 fully saturated rings. The largest absolute Gasteiger partial charge is 0.280 e. The van der Waals surface area contributed by atoms with E-state index in [9.17, 15) is 8.78 Å². The molecule has 0 unspecified atom stereocenters. The van der Waals surface area contributed by atoms with Crippen molar-refractivity contribution in [2.45, 2.75) is 39.0 Å². The number of aryl methyl sites for hydroxylation is 4. The van der Waals surface area contributed by atoms with Crippen molar-refractivity contribution in [3.05, 3.63) is 47.3 Å². The van der Waals surface area contributed by atoms with Gasteiger partial charge in [0.25, 0.3) is 12.4 Å². The van der Waals surface area contributed by atoms with Crippen LogP contribution in [-0.2, 0) is 14.1 Å². The summed E-state index contributed by atoms with van der Waals surface area (Å²) in [6.45, 7) is 3.80. The van der Waals surface area contributed by atoms with Crippen LogP contribution in [0.25, 0.3) is 28.5 Å². The fourth-order valence-corrected chi connectivity index (χ4v) is 3.83. The SMILES string of the molecule is Cc1nn(C)cc1-c1cc(-c2cn(C)nc2C)n(-c2nc(C(F)F)cc(C3CC3)n2)n1. The van der Waals surface area contributed by atoms with Gasteiger partial charge in [0.1, 0.15) is 5.69 Å². The van der Waals surface area contributed by atoms with Crippen molar-refractivity contribution in [1.29, 1.82) is 0 Å². The molecule has 1 aliphatic rings. The number of hydrogen-bond acceptors (Lipinski definition) is 5. The summed E-state index contributed by atoms with van der Waals surface area (Å²) >= 11 is 0. The molecule has 8 nitrogen and oxygen atoms in total. The van der Waals surface area contributed by atoms with Gasteiger partial charge in [0.2, 0.25) is 0 Å². The Morgan fingerprint density at radius 3 is 2.10 bits per heavy atom. The highest BCUT2D eigenvalue weighted by atomic mass is 19.3. The zero-order valence-corrected chi connectivity index (χ0v) is 17.7. The molecule has 0 spiro atoms. The number of nitrogens with zero attached hydrogens (tertiary/aromatic N) is 8. The molecule has 10 heteroatoms. The zero-order valence-electron chi connectivity index (χ0n) is 17.7. The summed E-state index contributed by atoms with van der Waals surface area (Å²) < 4.78 is 32.2. The fraction of sp³-hybridized carbons (Fsp3) is 0.381. The van der Waals surface area contributed by atoms with Crippen LogP contribution >= 0.6 is 0 Å². The molecular formula is C21H22F2N8. The van der Waals surface area contributed by atoms with Crippen LogP contribution in [-0.4, -0.2) is 39.3 Å². The van der Waals surface area contributed by atoms with E-state index in [-0.39, 0.29) is 17.6 Å². The van der Waals surface area contributed by atoms with Gasteiger partial charge in [0.15, 0.2) is 0 Å². The van der Waals surface area contributed by atoms with Crippen LogP contribution < -0.4 is 0 Å². The number of halogens is 2. The molecule has 4 aromatic heterocycles. The van der Waals surface area contributed by atoms with E-state index < -0.39 is 6.43 Å². The van der Waals surface area contributed by atoms with Gasteiger partial charge in [-0.25, -0.2) is 18.7 Å². The molecule has 0 atom stereocenters. The second kappa shape index (κ2) is 7.07. The number of hydrogen-bond donors (Lipinski definition) is 0. The zero-order chi connectivity index (χ0) is 21.9. The Labute approximate surface area is 177 Å². The molecule has 0 radical (unpaired) electrons. The minimum absolute atomic E-state index is 0.144. The van der Waals surface area contributed by atoms with Crippen molar-refractivity contribution in [1.82, 2.24) is 39.3 Å². The molecule has 0 aliphatic heterocycles. The Morgan fingerprint density at radius 2 is 1.55 bits per heavy atom. The number of alkyl halides is 2. The third kappa shape index (κ3) is 3.51. The van der Waals surface area contributed by atoms with Crippen molar-refractivity contribution in [3.8, 4) is 28.5 Å². The molecule has 0 saturated heterocycles. The smallest absolute Gasteiger partial charge is 0.275 e. The van der Waals surface area contributed by atoms with Crippen LogP contribution in [0.4, 0.5) is 8.78 Å². The first-order chi connectivity index (χ1) is 14.8. The third-order valence-corrected chi connectivity index (χ3v) is 5.45. The Morgan fingerprint density at radius 1 is 0.903 bits per heavy atom. The minimum atomic E-state index is -2.68. The molecule has 4 heterocycles. The van der Waals surface area contributed by atoms with Crippen LogP contribution in [0.1, 0.15) is 48.0 Å². The fourth-order valence-electron chi connectivity index (χ4n) is 3.83. The maximum absolute atomic E-state index is 13.6. The van der Waals surface area contributed by atoms with E-state index in [1.165, 1.54) is 6.07 Å². The first-order valence-electron chi connectivity index (χ1n) is 10.1. The van der Waals surface area contributed by atoms with Gasteiger partial charge >= 0.3 is 0 Å². The van der Waals surface area contributed by atoms with E-state index in [1.807, 2.05) is 46.4 Å². The van der Waals surface area contributed by atoms with E-state index in [2.05, 4.69) is 20.2 Å². The van der Waals surface area contributed by atoms with E-state index in [1.54, 1.807) is 14.0 Å². The molecular weight excluding hydrogens is 402 g/mol. The molecule has 5 rings (SSSR count). The lowest BCUT2D eigenvalue weighted by atomic mass is 10.1. The van der Waals surface area contributed by atoms with Gasteiger partial charge in [-0.2, -0.15) is 20.0 Å². The number of aromatic nitrogens is 8. The number of rotatable bonds is 5. The van der Waals surface area contributed by atoms with Gasteiger partial charge in [-0.1, -0.05) is 0 Å². The van der Waals surface area contributed by atoms with E-state index in [4.69, 9.17) is 5.10 Å². The molecule has 1 saturated carbocycles. The van der Waals surface area contributed by atoms with Gasteiger partial charge in [-0.15, -0.1) is 0 Å². The second-order valence-electron chi connectivity index (χ2n) is 8.02. The summed E-state index contributed by atoms with van der Waals surface area (Å²) in [6, 6.07) is 3.32.